The highest BCUT2D eigenvalue weighted by Gasteiger charge is 2.15. The second-order valence-corrected chi connectivity index (χ2v) is 7.95. The van der Waals surface area contributed by atoms with Crippen LogP contribution in [0.2, 0.25) is 0 Å². The van der Waals surface area contributed by atoms with E-state index in [1.165, 1.54) is 12.1 Å². The molecule has 0 bridgehead atoms. The number of aromatic nitrogens is 1. The van der Waals surface area contributed by atoms with Gasteiger partial charge in [0.05, 0.1) is 21.0 Å². The zero-order valence-electron chi connectivity index (χ0n) is 15.2. The number of hydrogen-bond donors (Lipinski definition) is 2. The lowest BCUT2D eigenvalue weighted by Crippen LogP contribution is -2.25. The highest BCUT2D eigenvalue weighted by atomic mass is 32.2. The van der Waals surface area contributed by atoms with Crippen molar-refractivity contribution in [3.05, 3.63) is 70.9 Å². The molecule has 0 atom stereocenters. The molecule has 0 aliphatic heterocycles. The van der Waals surface area contributed by atoms with Crippen LogP contribution in [-0.2, 0) is 14.8 Å². The number of non-ortho nitro benzene ring substituents is 1. The molecule has 2 N–H and O–H groups in total. The van der Waals surface area contributed by atoms with Gasteiger partial charge in [-0.25, -0.2) is 13.1 Å². The quantitative estimate of drug-likeness (QED) is 0.331. The number of hydrogen-bond acceptors (Lipinski definition) is 6. The van der Waals surface area contributed by atoms with E-state index in [2.05, 4.69) is 15.0 Å². The van der Waals surface area contributed by atoms with Gasteiger partial charge in [-0.1, -0.05) is 18.2 Å². The van der Waals surface area contributed by atoms with Crippen molar-refractivity contribution in [2.24, 2.45) is 0 Å². The van der Waals surface area contributed by atoms with Gasteiger partial charge in [-0.2, -0.15) is 0 Å². The second-order valence-electron chi connectivity index (χ2n) is 6.18. The number of nitrogens with one attached hydrogen (secondary N) is 2. The molecule has 0 saturated heterocycles. The van der Waals surface area contributed by atoms with E-state index in [4.69, 9.17) is 0 Å². The Morgan fingerprint density at radius 3 is 2.52 bits per heavy atom. The van der Waals surface area contributed by atoms with Crippen LogP contribution in [0.4, 0.5) is 11.4 Å². The molecule has 1 aromatic heterocycles. The van der Waals surface area contributed by atoms with E-state index >= 15 is 0 Å². The smallest absolute Gasteiger partial charge is 0.269 e. The largest absolute Gasteiger partial charge is 0.324 e. The second kappa shape index (κ2) is 8.76. The van der Waals surface area contributed by atoms with Gasteiger partial charge >= 0.3 is 0 Å². The van der Waals surface area contributed by atoms with Crippen LogP contribution in [-0.4, -0.2) is 30.8 Å². The van der Waals surface area contributed by atoms with Crippen LogP contribution in [0.15, 0.2) is 65.7 Å². The molecule has 29 heavy (non-hydrogen) atoms. The van der Waals surface area contributed by atoms with E-state index in [0.717, 1.165) is 17.5 Å². The number of rotatable bonds is 8. The molecule has 0 saturated carbocycles. The van der Waals surface area contributed by atoms with Crippen LogP contribution in [0.3, 0.4) is 0 Å². The summed E-state index contributed by atoms with van der Waals surface area (Å²) in [4.78, 5) is 26.4. The molecule has 0 unspecified atom stereocenters. The van der Waals surface area contributed by atoms with Crippen molar-refractivity contribution in [2.75, 3.05) is 11.9 Å². The summed E-state index contributed by atoms with van der Waals surface area (Å²) in [5.74, 6) is -0.252. The van der Waals surface area contributed by atoms with Gasteiger partial charge < -0.3 is 5.32 Å². The zero-order chi connectivity index (χ0) is 20.9. The van der Waals surface area contributed by atoms with E-state index in [0.29, 0.717) is 11.2 Å². The van der Waals surface area contributed by atoms with Gasteiger partial charge in [0.1, 0.15) is 0 Å². The number of nitrogens with zero attached hydrogens (tertiary/aromatic N) is 2. The van der Waals surface area contributed by atoms with Crippen LogP contribution >= 0.6 is 0 Å². The molecule has 0 aliphatic rings. The van der Waals surface area contributed by atoms with Crippen LogP contribution in [0.1, 0.15) is 12.8 Å². The Labute approximate surface area is 167 Å². The Kier molecular flexibility index (Phi) is 6.15. The van der Waals surface area contributed by atoms with Gasteiger partial charge in [0.15, 0.2) is 0 Å². The van der Waals surface area contributed by atoms with Crippen molar-refractivity contribution in [2.45, 2.75) is 17.7 Å². The summed E-state index contributed by atoms with van der Waals surface area (Å²) in [7, 11) is -3.80. The average Bonchev–Trinajstić information content (AvgIpc) is 2.71. The van der Waals surface area contributed by atoms with E-state index in [-0.39, 0.29) is 35.9 Å². The number of carbonyl (C=O) groups excluding carboxylic acids is 1. The van der Waals surface area contributed by atoms with Crippen LogP contribution in [0.25, 0.3) is 10.9 Å². The number of sulfonamides is 1. The maximum absolute atomic E-state index is 12.2. The molecule has 3 rings (SSSR count). The molecule has 150 valence electrons. The third-order valence-electron chi connectivity index (χ3n) is 4.14. The van der Waals surface area contributed by atoms with E-state index in [9.17, 15) is 23.3 Å². The molecule has 1 amide bonds. The van der Waals surface area contributed by atoms with Gasteiger partial charge in [-0.15, -0.1) is 0 Å². The fraction of sp³-hybridized carbons (Fsp3) is 0.158. The number of pyridine rings is 1. The Balaban J connectivity index is 1.51. The van der Waals surface area contributed by atoms with Crippen molar-refractivity contribution in [3.8, 4) is 0 Å². The fourth-order valence-electron chi connectivity index (χ4n) is 2.70. The Morgan fingerprint density at radius 1 is 1.07 bits per heavy atom. The Hall–Kier alpha value is -3.37. The van der Waals surface area contributed by atoms with Gasteiger partial charge in [0.25, 0.3) is 5.69 Å². The number of fused-ring (bicyclic) bond motifs is 1. The van der Waals surface area contributed by atoms with Gasteiger partial charge in [0.2, 0.25) is 15.9 Å². The van der Waals surface area contributed by atoms with E-state index < -0.39 is 14.9 Å². The molecule has 3 aromatic rings. The summed E-state index contributed by atoms with van der Waals surface area (Å²) in [6.45, 7) is 0.0561. The number of amides is 1. The van der Waals surface area contributed by atoms with Crippen LogP contribution < -0.4 is 10.0 Å². The first-order chi connectivity index (χ1) is 13.9. The predicted molar refractivity (Wildman–Crippen MR) is 108 cm³/mol. The van der Waals surface area contributed by atoms with Crippen molar-refractivity contribution < 1.29 is 18.1 Å². The topological polar surface area (TPSA) is 131 Å². The maximum atomic E-state index is 12.2. The number of para-hydroxylation sites is 1. The summed E-state index contributed by atoms with van der Waals surface area (Å²) in [5, 5.41) is 14.3. The fourth-order valence-corrected chi connectivity index (χ4v) is 3.78. The molecule has 0 spiro atoms. The standard InChI is InChI=1S/C19H18N4O5S/c24-18(22-17-6-1-4-14-5-2-12-20-19(14)17)7-3-13-21-29(27,28)16-10-8-15(9-11-16)23(25)26/h1-2,4-6,8-12,21H,3,7,13H2,(H,22,24). The number of benzene rings is 2. The van der Waals surface area contributed by atoms with Gasteiger partial charge in [0, 0.05) is 36.7 Å². The molecular formula is C19H18N4O5S. The molecule has 0 aliphatic carbocycles. The van der Waals surface area contributed by atoms with Crippen molar-refractivity contribution in [3.63, 3.8) is 0 Å². The zero-order valence-corrected chi connectivity index (χ0v) is 16.1. The third-order valence-corrected chi connectivity index (χ3v) is 5.61. The number of carbonyl (C=O) groups is 1. The third kappa shape index (κ3) is 5.12. The SMILES string of the molecule is O=C(CCCNS(=O)(=O)c1ccc([N+](=O)[O-])cc1)Nc1cccc2cccnc12. The maximum Gasteiger partial charge on any atom is 0.269 e. The molecule has 2 aromatic carbocycles. The lowest BCUT2D eigenvalue weighted by Gasteiger charge is -2.09. The van der Waals surface area contributed by atoms with Crippen LogP contribution in [0.5, 0.6) is 0 Å². The minimum atomic E-state index is -3.80. The van der Waals surface area contributed by atoms with Gasteiger partial charge in [-0.05, 0) is 30.7 Å². The lowest BCUT2D eigenvalue weighted by molar-refractivity contribution is -0.384. The normalized spacial score (nSPS) is 11.3. The highest BCUT2D eigenvalue weighted by molar-refractivity contribution is 7.89. The van der Waals surface area contributed by atoms with Crippen molar-refractivity contribution in [1.82, 2.24) is 9.71 Å². The van der Waals surface area contributed by atoms with Crippen molar-refractivity contribution >= 4 is 38.2 Å². The Bertz CT molecular complexity index is 1140. The highest BCUT2D eigenvalue weighted by Crippen LogP contribution is 2.21. The molecule has 0 fully saturated rings. The van der Waals surface area contributed by atoms with Crippen LogP contribution in [0, 0.1) is 10.1 Å². The number of nitro groups is 1. The monoisotopic (exact) mass is 414 g/mol. The number of nitro benzene ring substituents is 1. The summed E-state index contributed by atoms with van der Waals surface area (Å²) in [6, 6.07) is 13.8. The summed E-state index contributed by atoms with van der Waals surface area (Å²) in [6.07, 6.45) is 2.05. The minimum absolute atomic E-state index is 0.0561. The predicted octanol–water partition coefficient (Wildman–Crippen LogP) is 2.84. The lowest BCUT2D eigenvalue weighted by atomic mass is 10.2. The van der Waals surface area contributed by atoms with E-state index in [1.807, 2.05) is 24.3 Å². The molecule has 10 heteroatoms. The molecule has 0 radical (unpaired) electrons. The van der Waals surface area contributed by atoms with E-state index in [1.54, 1.807) is 12.3 Å². The average molecular weight is 414 g/mol. The summed E-state index contributed by atoms with van der Waals surface area (Å²) < 4.78 is 26.8. The molecule has 9 nitrogen and oxygen atoms in total. The van der Waals surface area contributed by atoms with Gasteiger partial charge in [-0.3, -0.25) is 19.9 Å². The first-order valence-electron chi connectivity index (χ1n) is 8.74. The number of anilines is 1. The molecule has 1 heterocycles. The van der Waals surface area contributed by atoms with Crippen molar-refractivity contribution in [1.29, 1.82) is 0 Å². The summed E-state index contributed by atoms with van der Waals surface area (Å²) in [5.41, 5.74) is 1.09. The first-order valence-corrected chi connectivity index (χ1v) is 10.2. The minimum Gasteiger partial charge on any atom is -0.324 e. The first kappa shape index (κ1) is 20.4. The Morgan fingerprint density at radius 2 is 1.79 bits per heavy atom. The summed E-state index contributed by atoms with van der Waals surface area (Å²) >= 11 is 0. The molecular weight excluding hydrogens is 396 g/mol.